The van der Waals surface area contributed by atoms with Gasteiger partial charge in [0.2, 0.25) is 5.76 Å². The van der Waals surface area contributed by atoms with E-state index in [0.717, 1.165) is 5.56 Å². The molecule has 6 heteroatoms. The quantitative estimate of drug-likeness (QED) is 0.704. The lowest BCUT2D eigenvalue weighted by Crippen LogP contribution is -2.25. The number of halogens is 1. The van der Waals surface area contributed by atoms with Gasteiger partial charge in [-0.05, 0) is 35.9 Å². The number of carbonyl (C=O) groups excluding carboxylic acids is 1. The van der Waals surface area contributed by atoms with Crippen molar-refractivity contribution in [1.82, 2.24) is 4.90 Å². The molecule has 1 atom stereocenters. The number of ether oxygens (including phenoxy) is 1. The first kappa shape index (κ1) is 15.7. The predicted octanol–water partition coefficient (Wildman–Crippen LogP) is 3.63. The largest absolute Gasteiger partial charge is 0.497 e. The van der Waals surface area contributed by atoms with E-state index in [0.29, 0.717) is 27.3 Å². The molecule has 1 aromatic heterocycles. The molecule has 2 aromatic carbocycles. The normalized spacial score (nSPS) is 16.4. The van der Waals surface area contributed by atoms with E-state index >= 15 is 0 Å². The van der Waals surface area contributed by atoms with Crippen molar-refractivity contribution in [3.63, 3.8) is 0 Å². The summed E-state index contributed by atoms with van der Waals surface area (Å²) in [6.07, 6.45) is 0. The summed E-state index contributed by atoms with van der Waals surface area (Å²) in [4.78, 5) is 27.2. The second-order valence-electron chi connectivity index (χ2n) is 5.91. The summed E-state index contributed by atoms with van der Waals surface area (Å²) in [6.45, 7) is 0. The van der Waals surface area contributed by atoms with E-state index in [-0.39, 0.29) is 17.1 Å². The number of amides is 1. The maximum atomic E-state index is 13.0. The summed E-state index contributed by atoms with van der Waals surface area (Å²) < 4.78 is 10.9. The molecule has 1 amide bonds. The third kappa shape index (κ3) is 2.31. The van der Waals surface area contributed by atoms with Gasteiger partial charge < -0.3 is 14.1 Å². The van der Waals surface area contributed by atoms with Crippen LogP contribution in [0.1, 0.15) is 27.7 Å². The van der Waals surface area contributed by atoms with Gasteiger partial charge in [-0.25, -0.2) is 0 Å². The molecule has 0 bridgehead atoms. The number of fused-ring (bicyclic) bond motifs is 2. The Morgan fingerprint density at radius 1 is 1.12 bits per heavy atom. The van der Waals surface area contributed by atoms with E-state index in [1.54, 1.807) is 44.5 Å². The average molecular weight is 356 g/mol. The first-order chi connectivity index (χ1) is 12.0. The zero-order chi connectivity index (χ0) is 17.7. The standard InChI is InChI=1S/C19H14ClNO4/c1-21-16(10-3-6-12(24-2)7-4-10)15-17(22)13-9-11(20)5-8-14(13)25-18(15)19(21)23/h3-9,16H,1-2H3/t16-/m1/s1. The predicted molar refractivity (Wildman–Crippen MR) is 94.4 cm³/mol. The highest BCUT2D eigenvalue weighted by molar-refractivity contribution is 6.31. The second-order valence-corrected chi connectivity index (χ2v) is 6.34. The molecule has 25 heavy (non-hydrogen) atoms. The van der Waals surface area contributed by atoms with Gasteiger partial charge in [-0.15, -0.1) is 0 Å². The van der Waals surface area contributed by atoms with Crippen LogP contribution in [0.4, 0.5) is 0 Å². The fraction of sp³-hybridized carbons (Fsp3) is 0.158. The molecule has 4 rings (SSSR count). The van der Waals surface area contributed by atoms with Crippen LogP contribution in [-0.4, -0.2) is 25.0 Å². The van der Waals surface area contributed by atoms with Crippen molar-refractivity contribution in [1.29, 1.82) is 0 Å². The first-order valence-electron chi connectivity index (χ1n) is 7.68. The van der Waals surface area contributed by atoms with Crippen molar-refractivity contribution in [2.45, 2.75) is 6.04 Å². The summed E-state index contributed by atoms with van der Waals surface area (Å²) in [7, 11) is 3.24. The lowest BCUT2D eigenvalue weighted by molar-refractivity contribution is 0.0771. The third-order valence-electron chi connectivity index (χ3n) is 4.49. The molecule has 1 aliphatic heterocycles. The number of rotatable bonds is 2. The highest BCUT2D eigenvalue weighted by Crippen LogP contribution is 2.37. The Morgan fingerprint density at radius 2 is 1.84 bits per heavy atom. The minimum Gasteiger partial charge on any atom is -0.497 e. The zero-order valence-corrected chi connectivity index (χ0v) is 14.3. The van der Waals surface area contributed by atoms with Gasteiger partial charge in [0.05, 0.1) is 24.1 Å². The minimum absolute atomic E-state index is 0.0862. The van der Waals surface area contributed by atoms with E-state index in [1.165, 1.54) is 4.90 Å². The fourth-order valence-corrected chi connectivity index (χ4v) is 3.41. The van der Waals surface area contributed by atoms with Crippen LogP contribution < -0.4 is 10.2 Å². The van der Waals surface area contributed by atoms with E-state index in [9.17, 15) is 9.59 Å². The molecule has 0 fully saturated rings. The van der Waals surface area contributed by atoms with Crippen LogP contribution in [0, 0.1) is 0 Å². The van der Waals surface area contributed by atoms with E-state index in [2.05, 4.69) is 0 Å². The van der Waals surface area contributed by atoms with E-state index in [4.69, 9.17) is 20.8 Å². The highest BCUT2D eigenvalue weighted by Gasteiger charge is 2.40. The number of nitrogens with zero attached hydrogens (tertiary/aromatic N) is 1. The molecule has 0 spiro atoms. The Hall–Kier alpha value is -2.79. The number of carbonyl (C=O) groups is 1. The van der Waals surface area contributed by atoms with Gasteiger partial charge in [0.15, 0.2) is 5.43 Å². The van der Waals surface area contributed by atoms with Crippen LogP contribution in [0.3, 0.4) is 0 Å². The highest BCUT2D eigenvalue weighted by atomic mass is 35.5. The topological polar surface area (TPSA) is 59.8 Å². The Bertz CT molecular complexity index is 1060. The van der Waals surface area contributed by atoms with Gasteiger partial charge in [0, 0.05) is 12.1 Å². The fourth-order valence-electron chi connectivity index (χ4n) is 3.24. The van der Waals surface area contributed by atoms with Crippen LogP contribution in [0.5, 0.6) is 5.75 Å². The number of hydrogen-bond donors (Lipinski definition) is 0. The molecule has 0 unspecified atom stereocenters. The second kappa shape index (κ2) is 5.63. The molecule has 5 nitrogen and oxygen atoms in total. The molecule has 1 aliphatic rings. The Kier molecular flexibility index (Phi) is 3.54. The lowest BCUT2D eigenvalue weighted by atomic mass is 9.99. The van der Waals surface area contributed by atoms with Crippen LogP contribution in [-0.2, 0) is 0 Å². The van der Waals surface area contributed by atoms with Crippen molar-refractivity contribution >= 4 is 28.5 Å². The monoisotopic (exact) mass is 355 g/mol. The summed E-state index contributed by atoms with van der Waals surface area (Å²) >= 11 is 6.01. The Labute approximate surface area is 148 Å². The minimum atomic E-state index is -0.506. The van der Waals surface area contributed by atoms with E-state index in [1.807, 2.05) is 12.1 Å². The van der Waals surface area contributed by atoms with Crippen LogP contribution >= 0.6 is 11.6 Å². The number of benzene rings is 2. The number of hydrogen-bond acceptors (Lipinski definition) is 4. The Balaban J connectivity index is 1.98. The van der Waals surface area contributed by atoms with Crippen LogP contribution in [0.15, 0.2) is 51.7 Å². The lowest BCUT2D eigenvalue weighted by Gasteiger charge is -2.20. The van der Waals surface area contributed by atoms with Gasteiger partial charge in [0.25, 0.3) is 5.91 Å². The Morgan fingerprint density at radius 3 is 2.52 bits per heavy atom. The third-order valence-corrected chi connectivity index (χ3v) is 4.73. The zero-order valence-electron chi connectivity index (χ0n) is 13.6. The average Bonchev–Trinajstić information content (AvgIpc) is 2.88. The van der Waals surface area contributed by atoms with Crippen molar-refractivity contribution in [3.05, 3.63) is 74.6 Å². The molecule has 2 heterocycles. The van der Waals surface area contributed by atoms with Crippen LogP contribution in [0.2, 0.25) is 5.02 Å². The van der Waals surface area contributed by atoms with Crippen molar-refractivity contribution in [2.75, 3.05) is 14.2 Å². The molecule has 0 N–H and O–H groups in total. The molecule has 126 valence electrons. The van der Waals surface area contributed by atoms with Crippen molar-refractivity contribution in [3.8, 4) is 5.75 Å². The summed E-state index contributed by atoms with van der Waals surface area (Å²) in [5.74, 6) is 0.473. The van der Waals surface area contributed by atoms with E-state index < -0.39 is 6.04 Å². The summed E-state index contributed by atoms with van der Waals surface area (Å²) in [5, 5.41) is 0.811. The molecular weight excluding hydrogens is 342 g/mol. The molecule has 3 aromatic rings. The van der Waals surface area contributed by atoms with Gasteiger partial charge in [0.1, 0.15) is 11.3 Å². The van der Waals surface area contributed by atoms with Crippen LogP contribution in [0.25, 0.3) is 11.0 Å². The van der Waals surface area contributed by atoms with Gasteiger partial charge >= 0.3 is 0 Å². The molecule has 0 radical (unpaired) electrons. The smallest absolute Gasteiger partial charge is 0.290 e. The molecule has 0 saturated carbocycles. The first-order valence-corrected chi connectivity index (χ1v) is 8.06. The maximum absolute atomic E-state index is 13.0. The molecule has 0 saturated heterocycles. The summed E-state index contributed by atoms with van der Waals surface area (Å²) in [5.41, 5.74) is 1.26. The molecular formula is C19H14ClNO4. The number of methoxy groups -OCH3 is 1. The maximum Gasteiger partial charge on any atom is 0.290 e. The molecule has 0 aliphatic carbocycles. The van der Waals surface area contributed by atoms with Crippen molar-refractivity contribution in [2.24, 2.45) is 0 Å². The van der Waals surface area contributed by atoms with Gasteiger partial charge in [-0.3, -0.25) is 9.59 Å². The van der Waals surface area contributed by atoms with Gasteiger partial charge in [-0.2, -0.15) is 0 Å². The van der Waals surface area contributed by atoms with Gasteiger partial charge in [-0.1, -0.05) is 23.7 Å². The SMILES string of the molecule is COc1ccc([C@@H]2c3c(oc4ccc(Cl)cc4c3=O)C(=O)N2C)cc1. The summed E-state index contributed by atoms with van der Waals surface area (Å²) in [6, 6.07) is 11.6. The van der Waals surface area contributed by atoms with Crippen molar-refractivity contribution < 1.29 is 13.9 Å².